The number of carbonyl (C=O) groups excluding carboxylic acids is 1. The highest BCUT2D eigenvalue weighted by Crippen LogP contribution is 2.10. The number of halogens is 1. The van der Waals surface area contributed by atoms with Crippen LogP contribution in [0.4, 0.5) is 4.39 Å². The molecule has 0 aliphatic carbocycles. The molecule has 0 saturated heterocycles. The number of carbonyl (C=O) groups is 1. The van der Waals surface area contributed by atoms with Crippen LogP contribution in [0.1, 0.15) is 29.3 Å². The van der Waals surface area contributed by atoms with Gasteiger partial charge in [0.05, 0.1) is 16.6 Å². The van der Waals surface area contributed by atoms with Crippen LogP contribution in [-0.4, -0.2) is 16.9 Å². The first-order valence-corrected chi connectivity index (χ1v) is 5.72. The fourth-order valence-electron chi connectivity index (χ4n) is 1.41. The van der Waals surface area contributed by atoms with Crippen LogP contribution in [0, 0.1) is 12.7 Å². The highest BCUT2D eigenvalue weighted by atomic mass is 32.1. The summed E-state index contributed by atoms with van der Waals surface area (Å²) >= 11 is 4.81. The molecule has 5 heteroatoms. The van der Waals surface area contributed by atoms with Gasteiger partial charge in [0.2, 0.25) is 0 Å². The van der Waals surface area contributed by atoms with E-state index in [9.17, 15) is 9.18 Å². The Hall–Kier alpha value is -1.49. The number of hydrogen-bond acceptors (Lipinski definition) is 2. The van der Waals surface area contributed by atoms with Crippen LogP contribution in [0.15, 0.2) is 18.2 Å². The van der Waals surface area contributed by atoms with Crippen molar-refractivity contribution in [2.24, 2.45) is 5.73 Å². The molecule has 0 aliphatic heterocycles. The van der Waals surface area contributed by atoms with E-state index < -0.39 is 17.8 Å². The maximum Gasteiger partial charge on any atom is 0.254 e. The molecule has 1 amide bonds. The second-order valence-electron chi connectivity index (χ2n) is 3.82. The molecular weight excluding hydrogens is 239 g/mol. The van der Waals surface area contributed by atoms with Gasteiger partial charge < -0.3 is 11.1 Å². The first-order chi connectivity index (χ1) is 7.95. The lowest BCUT2D eigenvalue weighted by atomic mass is 10.1. The van der Waals surface area contributed by atoms with E-state index in [-0.39, 0.29) is 10.6 Å². The van der Waals surface area contributed by atoms with Gasteiger partial charge in [-0.1, -0.05) is 25.2 Å². The Kier molecular flexibility index (Phi) is 4.57. The zero-order chi connectivity index (χ0) is 13.0. The van der Waals surface area contributed by atoms with Crippen molar-refractivity contribution in [3.63, 3.8) is 0 Å². The van der Waals surface area contributed by atoms with Crippen LogP contribution in [0.5, 0.6) is 0 Å². The van der Waals surface area contributed by atoms with E-state index in [0.29, 0.717) is 6.42 Å². The van der Waals surface area contributed by atoms with Crippen molar-refractivity contribution in [3.05, 3.63) is 35.1 Å². The number of nitrogens with two attached hydrogens (primary N) is 1. The maximum absolute atomic E-state index is 13.5. The van der Waals surface area contributed by atoms with Crippen molar-refractivity contribution < 1.29 is 9.18 Å². The lowest BCUT2D eigenvalue weighted by Gasteiger charge is -2.15. The van der Waals surface area contributed by atoms with Gasteiger partial charge >= 0.3 is 0 Å². The highest BCUT2D eigenvalue weighted by molar-refractivity contribution is 7.80. The summed E-state index contributed by atoms with van der Waals surface area (Å²) in [6, 6.07) is 4.04. The van der Waals surface area contributed by atoms with E-state index in [1.807, 2.05) is 6.92 Å². The molecule has 1 rings (SSSR count). The minimum absolute atomic E-state index is 0.00491. The Morgan fingerprint density at radius 3 is 2.71 bits per heavy atom. The van der Waals surface area contributed by atoms with Crippen LogP contribution in [0.25, 0.3) is 0 Å². The Bertz CT molecular complexity index is 448. The topological polar surface area (TPSA) is 55.1 Å². The van der Waals surface area contributed by atoms with Gasteiger partial charge in [-0.15, -0.1) is 0 Å². The number of hydrogen-bond donors (Lipinski definition) is 2. The Labute approximate surface area is 105 Å². The van der Waals surface area contributed by atoms with Crippen molar-refractivity contribution in [1.29, 1.82) is 0 Å². The first kappa shape index (κ1) is 13.6. The molecule has 0 fully saturated rings. The minimum atomic E-state index is -0.541. The number of benzene rings is 1. The standard InChI is InChI=1S/C12H15FN2OS/c1-3-10(11(14)17)15-12(16)8-5-4-7(2)6-9(8)13/h4-6,10H,3H2,1-2H3,(H2,14,17)(H,15,16). The second kappa shape index (κ2) is 5.72. The quantitative estimate of drug-likeness (QED) is 0.807. The second-order valence-corrected chi connectivity index (χ2v) is 4.29. The molecule has 1 aromatic rings. The van der Waals surface area contributed by atoms with Gasteiger partial charge in [-0.2, -0.15) is 0 Å². The molecule has 0 heterocycles. The normalized spacial score (nSPS) is 11.9. The smallest absolute Gasteiger partial charge is 0.254 e. The summed E-state index contributed by atoms with van der Waals surface area (Å²) in [5.41, 5.74) is 6.23. The summed E-state index contributed by atoms with van der Waals surface area (Å²) < 4.78 is 13.5. The molecule has 0 bridgehead atoms. The predicted octanol–water partition coefficient (Wildman–Crippen LogP) is 1.93. The summed E-state index contributed by atoms with van der Waals surface area (Å²) in [5, 5.41) is 2.60. The Morgan fingerprint density at radius 2 is 2.24 bits per heavy atom. The van der Waals surface area contributed by atoms with E-state index in [1.54, 1.807) is 13.0 Å². The maximum atomic E-state index is 13.5. The van der Waals surface area contributed by atoms with Crippen molar-refractivity contribution in [2.45, 2.75) is 26.3 Å². The third kappa shape index (κ3) is 3.49. The van der Waals surface area contributed by atoms with Gasteiger partial charge in [-0.3, -0.25) is 4.79 Å². The van der Waals surface area contributed by atoms with E-state index in [4.69, 9.17) is 18.0 Å². The third-order valence-corrected chi connectivity index (χ3v) is 2.71. The average molecular weight is 254 g/mol. The van der Waals surface area contributed by atoms with Crippen LogP contribution in [0.3, 0.4) is 0 Å². The summed E-state index contributed by atoms with van der Waals surface area (Å²) in [6.45, 7) is 3.60. The number of aryl methyl sites for hydroxylation is 1. The van der Waals surface area contributed by atoms with Gasteiger partial charge in [0.1, 0.15) is 5.82 Å². The number of nitrogens with one attached hydrogen (secondary N) is 1. The van der Waals surface area contributed by atoms with E-state index in [2.05, 4.69) is 5.32 Å². The van der Waals surface area contributed by atoms with Gasteiger partial charge in [0, 0.05) is 0 Å². The molecule has 0 aromatic heterocycles. The van der Waals surface area contributed by atoms with Crippen molar-refractivity contribution >= 4 is 23.1 Å². The van der Waals surface area contributed by atoms with Crippen molar-refractivity contribution in [3.8, 4) is 0 Å². The lowest BCUT2D eigenvalue weighted by Crippen LogP contribution is -2.43. The Balaban J connectivity index is 2.86. The van der Waals surface area contributed by atoms with Gasteiger partial charge in [0.25, 0.3) is 5.91 Å². The lowest BCUT2D eigenvalue weighted by molar-refractivity contribution is 0.0942. The third-order valence-electron chi connectivity index (χ3n) is 2.43. The van der Waals surface area contributed by atoms with E-state index in [0.717, 1.165) is 5.56 Å². The predicted molar refractivity (Wildman–Crippen MR) is 69.5 cm³/mol. The minimum Gasteiger partial charge on any atom is -0.392 e. The molecule has 0 saturated carbocycles. The summed E-state index contributed by atoms with van der Waals surface area (Å²) in [7, 11) is 0. The molecule has 3 nitrogen and oxygen atoms in total. The van der Waals surface area contributed by atoms with Crippen molar-refractivity contribution in [1.82, 2.24) is 5.32 Å². The highest BCUT2D eigenvalue weighted by Gasteiger charge is 2.17. The van der Waals surface area contributed by atoms with E-state index >= 15 is 0 Å². The van der Waals surface area contributed by atoms with Crippen LogP contribution in [0.2, 0.25) is 0 Å². The van der Waals surface area contributed by atoms with Gasteiger partial charge in [0.15, 0.2) is 0 Å². The molecule has 1 unspecified atom stereocenters. The molecule has 1 atom stereocenters. The van der Waals surface area contributed by atoms with Crippen LogP contribution in [-0.2, 0) is 0 Å². The molecule has 0 radical (unpaired) electrons. The molecular formula is C12H15FN2OS. The summed E-state index contributed by atoms with van der Waals surface area (Å²) in [6.07, 6.45) is 0.578. The fraction of sp³-hybridized carbons (Fsp3) is 0.333. The summed E-state index contributed by atoms with van der Waals surface area (Å²) in [4.78, 5) is 12.0. The monoisotopic (exact) mass is 254 g/mol. The van der Waals surface area contributed by atoms with Crippen molar-refractivity contribution in [2.75, 3.05) is 0 Å². The zero-order valence-corrected chi connectivity index (χ0v) is 10.6. The molecule has 0 aliphatic rings. The number of rotatable bonds is 4. The SMILES string of the molecule is CCC(NC(=O)c1ccc(C)cc1F)C(N)=S. The van der Waals surface area contributed by atoms with Gasteiger partial charge in [-0.25, -0.2) is 4.39 Å². The Morgan fingerprint density at radius 1 is 1.59 bits per heavy atom. The molecule has 92 valence electrons. The first-order valence-electron chi connectivity index (χ1n) is 5.32. The van der Waals surface area contributed by atoms with E-state index in [1.165, 1.54) is 12.1 Å². The van der Waals surface area contributed by atoms with Crippen LogP contribution < -0.4 is 11.1 Å². The molecule has 3 N–H and O–H groups in total. The average Bonchev–Trinajstić information content (AvgIpc) is 2.24. The number of thiocarbonyl (C=S) groups is 1. The molecule has 1 aromatic carbocycles. The fourth-order valence-corrected chi connectivity index (χ4v) is 1.64. The molecule has 17 heavy (non-hydrogen) atoms. The van der Waals surface area contributed by atoms with Gasteiger partial charge in [-0.05, 0) is 31.0 Å². The zero-order valence-electron chi connectivity index (χ0n) is 9.79. The largest absolute Gasteiger partial charge is 0.392 e. The van der Waals surface area contributed by atoms with Crippen LogP contribution >= 0.6 is 12.2 Å². The number of amides is 1. The molecule has 0 spiro atoms. The summed E-state index contributed by atoms with van der Waals surface area (Å²) in [5.74, 6) is -1.04.